The van der Waals surface area contributed by atoms with Gasteiger partial charge in [0, 0.05) is 16.3 Å². The molecule has 0 aliphatic carbocycles. The Kier molecular flexibility index (Phi) is 2.67. The predicted molar refractivity (Wildman–Crippen MR) is 96.6 cm³/mol. The second-order valence-corrected chi connectivity index (χ2v) is 6.25. The minimum atomic E-state index is 0.747. The van der Waals surface area contributed by atoms with E-state index in [-0.39, 0.29) is 0 Å². The Morgan fingerprint density at radius 2 is 1.43 bits per heavy atom. The van der Waals surface area contributed by atoms with Gasteiger partial charge >= 0.3 is 0 Å². The average molecular weight is 363 g/mol. The third-order valence-corrected chi connectivity index (χ3v) is 4.77. The molecule has 0 spiro atoms. The summed E-state index contributed by atoms with van der Waals surface area (Å²) in [7, 11) is 0. The van der Waals surface area contributed by atoms with Crippen molar-refractivity contribution in [2.45, 2.75) is 0 Å². The van der Waals surface area contributed by atoms with Crippen LogP contribution in [-0.2, 0) is 0 Å². The van der Waals surface area contributed by atoms with Gasteiger partial charge in [0.2, 0.25) is 0 Å². The van der Waals surface area contributed by atoms with Crippen LogP contribution in [0.1, 0.15) is 0 Å². The number of para-hydroxylation sites is 1. The van der Waals surface area contributed by atoms with E-state index in [1.807, 2.05) is 42.5 Å². The Balaban J connectivity index is 1.97. The van der Waals surface area contributed by atoms with Crippen LogP contribution in [0.25, 0.3) is 44.0 Å². The van der Waals surface area contributed by atoms with E-state index in [0.717, 1.165) is 48.7 Å². The first-order valence-corrected chi connectivity index (χ1v) is 8.20. The van der Waals surface area contributed by atoms with E-state index in [0.29, 0.717) is 0 Å². The van der Waals surface area contributed by atoms with E-state index in [9.17, 15) is 0 Å². The Morgan fingerprint density at radius 1 is 0.652 bits per heavy atom. The van der Waals surface area contributed by atoms with Crippen molar-refractivity contribution in [3.63, 3.8) is 0 Å². The predicted octanol–water partition coefficient (Wildman–Crippen LogP) is 6.76. The lowest BCUT2D eigenvalue weighted by Crippen LogP contribution is -1.76. The number of halogens is 1. The molecule has 3 heteroatoms. The largest absolute Gasteiger partial charge is 0.456 e. The van der Waals surface area contributed by atoms with Crippen LogP contribution in [0.2, 0.25) is 0 Å². The molecule has 2 nitrogen and oxygen atoms in total. The van der Waals surface area contributed by atoms with Gasteiger partial charge < -0.3 is 8.83 Å². The summed E-state index contributed by atoms with van der Waals surface area (Å²) in [5, 5.41) is 3.19. The number of rotatable bonds is 1. The molecular weight excluding hydrogens is 352 g/mol. The average Bonchev–Trinajstić information content (AvgIpc) is 3.12. The van der Waals surface area contributed by atoms with Crippen molar-refractivity contribution in [2.24, 2.45) is 0 Å². The van der Waals surface area contributed by atoms with Gasteiger partial charge in [-0.2, -0.15) is 0 Å². The lowest BCUT2D eigenvalue weighted by molar-refractivity contribution is 0.591. The van der Waals surface area contributed by atoms with E-state index in [1.54, 1.807) is 0 Å². The van der Waals surface area contributed by atoms with Crippen molar-refractivity contribution in [1.29, 1.82) is 0 Å². The molecule has 5 aromatic rings. The minimum Gasteiger partial charge on any atom is -0.456 e. The number of fused-ring (bicyclic) bond motifs is 5. The van der Waals surface area contributed by atoms with Gasteiger partial charge in [-0.05, 0) is 39.7 Å². The van der Waals surface area contributed by atoms with E-state index < -0.39 is 0 Å². The van der Waals surface area contributed by atoms with Crippen molar-refractivity contribution in [3.8, 4) is 11.1 Å². The van der Waals surface area contributed by atoms with Crippen molar-refractivity contribution in [1.82, 2.24) is 0 Å². The van der Waals surface area contributed by atoms with E-state index in [2.05, 4.69) is 40.2 Å². The molecule has 0 fully saturated rings. The van der Waals surface area contributed by atoms with Crippen LogP contribution in [0.15, 0.2) is 80.2 Å². The molecule has 23 heavy (non-hydrogen) atoms. The molecule has 0 N–H and O–H groups in total. The SMILES string of the molecule is Brc1oc2c(ccc3oc4ccccc4c32)c1-c1ccccc1. The van der Waals surface area contributed by atoms with Crippen molar-refractivity contribution >= 4 is 48.8 Å². The summed E-state index contributed by atoms with van der Waals surface area (Å²) in [5.74, 6) is 0. The van der Waals surface area contributed by atoms with Crippen LogP contribution in [-0.4, -0.2) is 0 Å². The Labute approximate surface area is 140 Å². The standard InChI is InChI=1S/C20H11BrO2/c21-20-17(12-6-2-1-3-7-12)14-10-11-16-18(19(14)23-20)13-8-4-5-9-15(13)22-16/h1-11H. The highest BCUT2D eigenvalue weighted by atomic mass is 79.9. The minimum absolute atomic E-state index is 0.747. The highest BCUT2D eigenvalue weighted by Crippen LogP contribution is 2.43. The summed E-state index contributed by atoms with van der Waals surface area (Å²) in [6, 6.07) is 22.4. The summed E-state index contributed by atoms with van der Waals surface area (Å²) in [6.07, 6.45) is 0. The van der Waals surface area contributed by atoms with Gasteiger partial charge in [-0.25, -0.2) is 0 Å². The number of benzene rings is 3. The van der Waals surface area contributed by atoms with Gasteiger partial charge in [0.15, 0.2) is 4.67 Å². The van der Waals surface area contributed by atoms with Crippen molar-refractivity contribution < 1.29 is 8.83 Å². The molecule has 2 aromatic heterocycles. The molecule has 5 rings (SSSR count). The monoisotopic (exact) mass is 362 g/mol. The first-order chi connectivity index (χ1) is 11.3. The normalized spacial score (nSPS) is 11.7. The molecule has 2 heterocycles. The summed E-state index contributed by atoms with van der Waals surface area (Å²) in [6.45, 7) is 0. The van der Waals surface area contributed by atoms with Crippen LogP contribution in [0.5, 0.6) is 0 Å². The van der Waals surface area contributed by atoms with E-state index in [1.165, 1.54) is 0 Å². The number of furan rings is 2. The summed E-state index contributed by atoms with van der Waals surface area (Å²) >= 11 is 3.59. The topological polar surface area (TPSA) is 26.3 Å². The van der Waals surface area contributed by atoms with Gasteiger partial charge in [0.05, 0.1) is 5.39 Å². The molecule has 0 aliphatic rings. The van der Waals surface area contributed by atoms with Gasteiger partial charge in [-0.15, -0.1) is 0 Å². The third kappa shape index (κ3) is 1.80. The molecule has 3 aromatic carbocycles. The molecular formula is C20H11BrO2. The van der Waals surface area contributed by atoms with Gasteiger partial charge in [-0.3, -0.25) is 0 Å². The molecule has 0 radical (unpaired) electrons. The van der Waals surface area contributed by atoms with Crippen LogP contribution < -0.4 is 0 Å². The first kappa shape index (κ1) is 13.0. The van der Waals surface area contributed by atoms with E-state index >= 15 is 0 Å². The molecule has 0 unspecified atom stereocenters. The smallest absolute Gasteiger partial charge is 0.178 e. The summed E-state index contributed by atoms with van der Waals surface area (Å²) in [5.41, 5.74) is 4.79. The van der Waals surface area contributed by atoms with Crippen LogP contribution in [0.3, 0.4) is 0 Å². The zero-order valence-electron chi connectivity index (χ0n) is 12.0. The van der Waals surface area contributed by atoms with Crippen LogP contribution in [0.4, 0.5) is 0 Å². The molecule has 0 amide bonds. The lowest BCUT2D eigenvalue weighted by Gasteiger charge is -1.99. The lowest BCUT2D eigenvalue weighted by atomic mass is 10.0. The molecule has 0 bridgehead atoms. The van der Waals surface area contributed by atoms with Crippen molar-refractivity contribution in [3.05, 3.63) is 71.4 Å². The van der Waals surface area contributed by atoms with Gasteiger partial charge in [0.1, 0.15) is 16.7 Å². The van der Waals surface area contributed by atoms with Crippen molar-refractivity contribution in [2.75, 3.05) is 0 Å². The molecule has 0 aliphatic heterocycles. The second-order valence-electron chi connectivity index (χ2n) is 5.53. The highest BCUT2D eigenvalue weighted by molar-refractivity contribution is 9.10. The Morgan fingerprint density at radius 3 is 2.30 bits per heavy atom. The second kappa shape index (κ2) is 4.74. The third-order valence-electron chi connectivity index (χ3n) is 4.22. The summed E-state index contributed by atoms with van der Waals surface area (Å²) in [4.78, 5) is 0. The zero-order chi connectivity index (χ0) is 15.4. The maximum Gasteiger partial charge on any atom is 0.178 e. The maximum absolute atomic E-state index is 6.09. The quantitative estimate of drug-likeness (QED) is 0.329. The van der Waals surface area contributed by atoms with Crippen LogP contribution in [0, 0.1) is 0 Å². The fourth-order valence-corrected chi connectivity index (χ4v) is 3.81. The first-order valence-electron chi connectivity index (χ1n) is 7.40. The molecule has 110 valence electrons. The zero-order valence-corrected chi connectivity index (χ0v) is 13.6. The van der Waals surface area contributed by atoms with Gasteiger partial charge in [0.25, 0.3) is 0 Å². The van der Waals surface area contributed by atoms with Gasteiger partial charge in [-0.1, -0.05) is 48.5 Å². The summed E-state index contributed by atoms with van der Waals surface area (Å²) < 4.78 is 12.8. The fourth-order valence-electron chi connectivity index (χ4n) is 3.21. The Bertz CT molecular complexity index is 1170. The fraction of sp³-hybridized carbons (Fsp3) is 0. The highest BCUT2D eigenvalue weighted by Gasteiger charge is 2.19. The van der Waals surface area contributed by atoms with Crippen LogP contribution >= 0.6 is 15.9 Å². The molecule has 0 saturated carbocycles. The maximum atomic E-state index is 6.09. The molecule has 0 saturated heterocycles. The molecule has 0 atom stereocenters. The number of hydrogen-bond donors (Lipinski definition) is 0. The Hall–Kier alpha value is -2.52. The van der Waals surface area contributed by atoms with E-state index in [4.69, 9.17) is 8.83 Å². The number of hydrogen-bond acceptors (Lipinski definition) is 2.